The molecule has 8 heteroatoms. The number of amides is 1. The Morgan fingerprint density at radius 1 is 1.07 bits per heavy atom. The number of fused-ring (bicyclic) bond motifs is 1. The van der Waals surface area contributed by atoms with Crippen molar-refractivity contribution in [2.24, 2.45) is 0 Å². The topological polar surface area (TPSA) is 85.3 Å². The number of anilines is 2. The van der Waals surface area contributed by atoms with Crippen molar-refractivity contribution in [3.63, 3.8) is 0 Å². The van der Waals surface area contributed by atoms with Gasteiger partial charge in [0.25, 0.3) is 5.91 Å². The van der Waals surface area contributed by atoms with Gasteiger partial charge in [0.15, 0.2) is 11.5 Å². The van der Waals surface area contributed by atoms with Crippen LogP contribution >= 0.6 is 23.2 Å². The molecule has 0 aliphatic rings. The molecule has 4 aromatic rings. The van der Waals surface area contributed by atoms with E-state index in [0.717, 1.165) is 11.3 Å². The molecule has 2 heterocycles. The maximum atomic E-state index is 12.5. The lowest BCUT2D eigenvalue weighted by Crippen LogP contribution is -2.11. The van der Waals surface area contributed by atoms with Gasteiger partial charge < -0.3 is 11.1 Å². The molecule has 2 aromatic carbocycles. The molecule has 2 aromatic heterocycles. The van der Waals surface area contributed by atoms with Gasteiger partial charge in [-0.3, -0.25) is 9.20 Å². The molecule has 4 rings (SSSR count). The predicted molar refractivity (Wildman–Crippen MR) is 107 cm³/mol. The van der Waals surface area contributed by atoms with Crippen LogP contribution < -0.4 is 11.1 Å². The van der Waals surface area contributed by atoms with E-state index in [2.05, 4.69) is 15.3 Å². The third kappa shape index (κ3) is 3.32. The largest absolute Gasteiger partial charge is 0.381 e. The number of carbonyl (C=O) groups excluding carboxylic acids is 1. The molecular weight excluding hydrogens is 385 g/mol. The molecule has 134 valence electrons. The van der Waals surface area contributed by atoms with E-state index in [-0.39, 0.29) is 5.91 Å². The second-order valence-corrected chi connectivity index (χ2v) is 6.63. The van der Waals surface area contributed by atoms with Crippen LogP contribution in [-0.4, -0.2) is 20.3 Å². The van der Waals surface area contributed by atoms with E-state index in [1.54, 1.807) is 36.8 Å². The Kier molecular flexibility index (Phi) is 4.43. The highest BCUT2D eigenvalue weighted by molar-refractivity contribution is 6.42. The van der Waals surface area contributed by atoms with Gasteiger partial charge in [-0.15, -0.1) is 0 Å². The van der Waals surface area contributed by atoms with Crippen LogP contribution in [0.3, 0.4) is 0 Å². The quantitative estimate of drug-likeness (QED) is 0.531. The molecule has 3 N–H and O–H groups in total. The molecule has 0 unspecified atom stereocenters. The first-order valence-corrected chi connectivity index (χ1v) is 8.73. The summed E-state index contributed by atoms with van der Waals surface area (Å²) in [6, 6.07) is 12.2. The van der Waals surface area contributed by atoms with Crippen LogP contribution in [0, 0.1) is 0 Å². The normalized spacial score (nSPS) is 10.9. The average molecular weight is 398 g/mol. The Hall–Kier alpha value is -3.09. The van der Waals surface area contributed by atoms with Crippen molar-refractivity contribution >= 4 is 46.3 Å². The molecular formula is C19H13Cl2N5O. The Balaban J connectivity index is 1.65. The van der Waals surface area contributed by atoms with Crippen LogP contribution in [0.25, 0.3) is 16.9 Å². The predicted octanol–water partition coefficient (Wildman–Crippen LogP) is 4.54. The molecule has 27 heavy (non-hydrogen) atoms. The summed E-state index contributed by atoms with van der Waals surface area (Å²) >= 11 is 11.9. The number of rotatable bonds is 3. The zero-order valence-corrected chi connectivity index (χ0v) is 15.4. The summed E-state index contributed by atoms with van der Waals surface area (Å²) in [5, 5.41) is 3.59. The number of carbonyl (C=O) groups is 1. The lowest BCUT2D eigenvalue weighted by molar-refractivity contribution is 0.102. The van der Waals surface area contributed by atoms with Crippen molar-refractivity contribution in [2.75, 3.05) is 11.1 Å². The highest BCUT2D eigenvalue weighted by Crippen LogP contribution is 2.26. The monoisotopic (exact) mass is 397 g/mol. The Bertz CT molecular complexity index is 1170. The highest BCUT2D eigenvalue weighted by Gasteiger charge is 2.11. The van der Waals surface area contributed by atoms with Crippen molar-refractivity contribution in [3.8, 4) is 11.3 Å². The lowest BCUT2D eigenvalue weighted by Gasteiger charge is -2.08. The molecule has 0 fully saturated rings. The fraction of sp³-hybridized carbons (Fsp3) is 0. The van der Waals surface area contributed by atoms with E-state index in [1.807, 2.05) is 22.6 Å². The fourth-order valence-corrected chi connectivity index (χ4v) is 3.05. The Labute approximate surface area is 164 Å². The van der Waals surface area contributed by atoms with Gasteiger partial charge in [-0.25, -0.2) is 9.97 Å². The SMILES string of the molecule is Nc1nccn2c(-c3cccc(NC(=O)c4ccc(Cl)c(Cl)c4)c3)cnc12. The maximum absolute atomic E-state index is 12.5. The van der Waals surface area contributed by atoms with Crippen molar-refractivity contribution in [3.05, 3.63) is 76.7 Å². The summed E-state index contributed by atoms with van der Waals surface area (Å²) in [4.78, 5) is 20.8. The van der Waals surface area contributed by atoms with Crippen LogP contribution in [0.4, 0.5) is 11.5 Å². The van der Waals surface area contributed by atoms with E-state index in [9.17, 15) is 4.79 Å². The molecule has 0 saturated heterocycles. The standard InChI is InChI=1S/C19H13Cl2N5O/c20-14-5-4-12(9-15(14)21)19(27)25-13-3-1-2-11(8-13)16-10-24-18-17(22)23-6-7-26(16)18/h1-10H,(H2,22,23)(H,25,27). The van der Waals surface area contributed by atoms with Gasteiger partial charge in [0.05, 0.1) is 21.9 Å². The van der Waals surface area contributed by atoms with E-state index in [4.69, 9.17) is 28.9 Å². The van der Waals surface area contributed by atoms with Gasteiger partial charge in [-0.05, 0) is 30.3 Å². The number of hydrogen-bond donors (Lipinski definition) is 2. The average Bonchev–Trinajstić information content (AvgIpc) is 3.10. The smallest absolute Gasteiger partial charge is 0.255 e. The number of aromatic nitrogens is 3. The highest BCUT2D eigenvalue weighted by atomic mass is 35.5. The van der Waals surface area contributed by atoms with E-state index < -0.39 is 0 Å². The van der Waals surface area contributed by atoms with Gasteiger partial charge in [0.1, 0.15) is 0 Å². The second kappa shape index (κ2) is 6.90. The summed E-state index contributed by atoms with van der Waals surface area (Å²) in [6.07, 6.45) is 5.12. The third-order valence-electron chi connectivity index (χ3n) is 4.05. The number of imidazole rings is 1. The molecule has 0 saturated carbocycles. The van der Waals surface area contributed by atoms with Crippen molar-refractivity contribution in [2.45, 2.75) is 0 Å². The van der Waals surface area contributed by atoms with Gasteiger partial charge >= 0.3 is 0 Å². The van der Waals surface area contributed by atoms with E-state index in [0.29, 0.717) is 32.8 Å². The molecule has 0 aliphatic carbocycles. The minimum atomic E-state index is -0.280. The first-order valence-electron chi connectivity index (χ1n) is 7.97. The number of nitrogens with one attached hydrogen (secondary N) is 1. The summed E-state index contributed by atoms with van der Waals surface area (Å²) < 4.78 is 1.85. The van der Waals surface area contributed by atoms with E-state index in [1.165, 1.54) is 6.07 Å². The van der Waals surface area contributed by atoms with Crippen LogP contribution in [0.15, 0.2) is 61.1 Å². The molecule has 1 amide bonds. The first-order chi connectivity index (χ1) is 13.0. The van der Waals surface area contributed by atoms with Crippen molar-refractivity contribution in [1.82, 2.24) is 14.4 Å². The third-order valence-corrected chi connectivity index (χ3v) is 4.79. The molecule has 0 aliphatic heterocycles. The van der Waals surface area contributed by atoms with Crippen LogP contribution in [0.1, 0.15) is 10.4 Å². The minimum absolute atomic E-state index is 0.280. The van der Waals surface area contributed by atoms with Gasteiger partial charge in [0, 0.05) is 29.2 Å². The second-order valence-electron chi connectivity index (χ2n) is 5.81. The zero-order chi connectivity index (χ0) is 19.0. The maximum Gasteiger partial charge on any atom is 0.255 e. The minimum Gasteiger partial charge on any atom is -0.381 e. The fourth-order valence-electron chi connectivity index (χ4n) is 2.75. The Morgan fingerprint density at radius 2 is 1.93 bits per heavy atom. The number of benzene rings is 2. The molecule has 6 nitrogen and oxygen atoms in total. The summed E-state index contributed by atoms with van der Waals surface area (Å²) in [7, 11) is 0. The number of nitrogens with zero attached hydrogens (tertiary/aromatic N) is 3. The van der Waals surface area contributed by atoms with Gasteiger partial charge in [-0.1, -0.05) is 35.3 Å². The molecule has 0 radical (unpaired) electrons. The summed E-state index contributed by atoms with van der Waals surface area (Å²) in [5.74, 6) is 0.0742. The van der Waals surface area contributed by atoms with E-state index >= 15 is 0 Å². The Morgan fingerprint density at radius 3 is 2.74 bits per heavy atom. The van der Waals surface area contributed by atoms with Crippen LogP contribution in [-0.2, 0) is 0 Å². The molecule has 0 bridgehead atoms. The molecule has 0 spiro atoms. The number of nitrogen functional groups attached to an aromatic ring is 1. The number of hydrogen-bond acceptors (Lipinski definition) is 4. The summed E-state index contributed by atoms with van der Waals surface area (Å²) in [5.41, 5.74) is 9.21. The number of halogens is 2. The molecule has 0 atom stereocenters. The first kappa shape index (κ1) is 17.3. The van der Waals surface area contributed by atoms with Gasteiger partial charge in [0.2, 0.25) is 0 Å². The van der Waals surface area contributed by atoms with Crippen LogP contribution in [0.2, 0.25) is 10.0 Å². The van der Waals surface area contributed by atoms with Crippen LogP contribution in [0.5, 0.6) is 0 Å². The van der Waals surface area contributed by atoms with Gasteiger partial charge in [-0.2, -0.15) is 0 Å². The number of nitrogens with two attached hydrogens (primary N) is 1. The van der Waals surface area contributed by atoms with Crippen molar-refractivity contribution in [1.29, 1.82) is 0 Å². The summed E-state index contributed by atoms with van der Waals surface area (Å²) in [6.45, 7) is 0. The van der Waals surface area contributed by atoms with Crippen molar-refractivity contribution < 1.29 is 4.79 Å². The lowest BCUT2D eigenvalue weighted by atomic mass is 10.1. The zero-order valence-electron chi connectivity index (χ0n) is 13.9.